The predicted molar refractivity (Wildman–Crippen MR) is 72.9 cm³/mol. The molecule has 2 rings (SSSR count). The van der Waals surface area contributed by atoms with Gasteiger partial charge in [0.2, 0.25) is 0 Å². The summed E-state index contributed by atoms with van der Waals surface area (Å²) < 4.78 is 13.6. The van der Waals surface area contributed by atoms with Gasteiger partial charge in [-0.15, -0.1) is 0 Å². The lowest BCUT2D eigenvalue weighted by Gasteiger charge is -2.40. The second kappa shape index (κ2) is 5.81. The fraction of sp³-hybridized carbons (Fsp3) is 0.600. The van der Waals surface area contributed by atoms with Crippen LogP contribution >= 0.6 is 0 Å². The Labute approximate surface area is 109 Å². The molecule has 3 atom stereocenters. The third-order valence-electron chi connectivity index (χ3n) is 4.01. The molecule has 2 nitrogen and oxygen atoms in total. The molecule has 0 aliphatic carbocycles. The number of benzene rings is 1. The average Bonchev–Trinajstić information content (AvgIpc) is 2.32. The standard InChI is InChI=1S/C15H23FN2/c1-11(9-13-5-3-4-6-15(13)16)18-8-7-14(17)10-12(18)2/h3-6,11-12,14H,7-10,17H2,1-2H3. The van der Waals surface area contributed by atoms with Crippen molar-refractivity contribution in [1.82, 2.24) is 4.90 Å². The molecule has 1 aliphatic rings. The minimum Gasteiger partial charge on any atom is -0.328 e. The first-order valence-corrected chi connectivity index (χ1v) is 6.82. The molecule has 0 aromatic heterocycles. The van der Waals surface area contributed by atoms with E-state index in [-0.39, 0.29) is 5.82 Å². The SMILES string of the molecule is CC(Cc1ccccc1F)N1CCC(N)CC1C. The molecule has 1 aliphatic heterocycles. The lowest BCUT2D eigenvalue weighted by Crippen LogP contribution is -2.49. The van der Waals surface area contributed by atoms with Gasteiger partial charge in [0, 0.05) is 24.7 Å². The molecule has 1 saturated heterocycles. The highest BCUT2D eigenvalue weighted by Crippen LogP contribution is 2.21. The first kappa shape index (κ1) is 13.5. The van der Waals surface area contributed by atoms with Gasteiger partial charge >= 0.3 is 0 Å². The van der Waals surface area contributed by atoms with Crippen LogP contribution in [0.4, 0.5) is 4.39 Å². The van der Waals surface area contributed by atoms with Crippen LogP contribution in [0.25, 0.3) is 0 Å². The molecule has 100 valence electrons. The van der Waals surface area contributed by atoms with Gasteiger partial charge in [-0.25, -0.2) is 4.39 Å². The van der Waals surface area contributed by atoms with Gasteiger partial charge in [-0.1, -0.05) is 18.2 Å². The molecular weight excluding hydrogens is 227 g/mol. The van der Waals surface area contributed by atoms with Crippen molar-refractivity contribution in [3.8, 4) is 0 Å². The lowest BCUT2D eigenvalue weighted by molar-refractivity contribution is 0.104. The van der Waals surface area contributed by atoms with E-state index in [1.54, 1.807) is 6.07 Å². The van der Waals surface area contributed by atoms with Gasteiger partial charge < -0.3 is 5.73 Å². The van der Waals surface area contributed by atoms with Crippen molar-refractivity contribution < 1.29 is 4.39 Å². The van der Waals surface area contributed by atoms with Gasteiger partial charge in [0.25, 0.3) is 0 Å². The van der Waals surface area contributed by atoms with Crippen molar-refractivity contribution >= 4 is 0 Å². The average molecular weight is 250 g/mol. The summed E-state index contributed by atoms with van der Waals surface area (Å²) in [4.78, 5) is 2.45. The fourth-order valence-corrected chi connectivity index (χ4v) is 2.98. The Morgan fingerprint density at radius 2 is 2.17 bits per heavy atom. The number of likely N-dealkylation sites (tertiary alicyclic amines) is 1. The highest BCUT2D eigenvalue weighted by Gasteiger charge is 2.27. The Hall–Kier alpha value is -0.930. The molecule has 1 aromatic rings. The summed E-state index contributed by atoms with van der Waals surface area (Å²) >= 11 is 0. The zero-order valence-electron chi connectivity index (χ0n) is 11.3. The van der Waals surface area contributed by atoms with E-state index in [4.69, 9.17) is 5.73 Å². The van der Waals surface area contributed by atoms with Crippen molar-refractivity contribution in [2.75, 3.05) is 6.54 Å². The summed E-state index contributed by atoms with van der Waals surface area (Å²) in [7, 11) is 0. The van der Waals surface area contributed by atoms with Gasteiger partial charge in [0.1, 0.15) is 5.82 Å². The molecule has 0 bridgehead atoms. The third kappa shape index (κ3) is 3.09. The molecule has 0 amide bonds. The Kier molecular flexibility index (Phi) is 4.36. The Morgan fingerprint density at radius 3 is 2.83 bits per heavy atom. The molecule has 2 N–H and O–H groups in total. The smallest absolute Gasteiger partial charge is 0.126 e. The summed E-state index contributed by atoms with van der Waals surface area (Å²) in [6.07, 6.45) is 2.86. The minimum atomic E-state index is -0.0919. The number of halogens is 1. The topological polar surface area (TPSA) is 29.3 Å². The highest BCUT2D eigenvalue weighted by molar-refractivity contribution is 5.18. The lowest BCUT2D eigenvalue weighted by atomic mass is 9.95. The maximum Gasteiger partial charge on any atom is 0.126 e. The second-order valence-electron chi connectivity index (χ2n) is 5.52. The van der Waals surface area contributed by atoms with E-state index in [2.05, 4.69) is 18.7 Å². The summed E-state index contributed by atoms with van der Waals surface area (Å²) in [6, 6.07) is 8.26. The molecule has 0 spiro atoms. The number of nitrogens with two attached hydrogens (primary N) is 1. The third-order valence-corrected chi connectivity index (χ3v) is 4.01. The van der Waals surface area contributed by atoms with Crippen LogP contribution < -0.4 is 5.73 Å². The fourth-order valence-electron chi connectivity index (χ4n) is 2.98. The van der Waals surface area contributed by atoms with Crippen molar-refractivity contribution in [3.05, 3.63) is 35.6 Å². The molecule has 1 aromatic carbocycles. The van der Waals surface area contributed by atoms with Crippen LogP contribution in [0.5, 0.6) is 0 Å². The van der Waals surface area contributed by atoms with Gasteiger partial charge in [-0.2, -0.15) is 0 Å². The number of piperidine rings is 1. The quantitative estimate of drug-likeness (QED) is 0.893. The Bertz CT molecular complexity index is 394. The molecule has 18 heavy (non-hydrogen) atoms. The summed E-state index contributed by atoms with van der Waals surface area (Å²) in [6.45, 7) is 5.43. The van der Waals surface area contributed by atoms with Crippen LogP contribution in [-0.2, 0) is 6.42 Å². The van der Waals surface area contributed by atoms with E-state index in [0.29, 0.717) is 18.1 Å². The van der Waals surface area contributed by atoms with E-state index in [1.165, 1.54) is 6.07 Å². The van der Waals surface area contributed by atoms with Crippen LogP contribution in [-0.4, -0.2) is 29.6 Å². The zero-order chi connectivity index (χ0) is 13.1. The van der Waals surface area contributed by atoms with E-state index in [9.17, 15) is 4.39 Å². The molecule has 1 fully saturated rings. The highest BCUT2D eigenvalue weighted by atomic mass is 19.1. The number of nitrogens with zero attached hydrogens (tertiary/aromatic N) is 1. The normalized spacial score (nSPS) is 27.1. The molecule has 1 heterocycles. The van der Waals surface area contributed by atoms with E-state index < -0.39 is 0 Å². The van der Waals surface area contributed by atoms with Crippen molar-refractivity contribution in [2.45, 2.75) is 51.2 Å². The maximum absolute atomic E-state index is 13.6. The van der Waals surface area contributed by atoms with Crippen molar-refractivity contribution in [3.63, 3.8) is 0 Å². The van der Waals surface area contributed by atoms with Crippen LogP contribution in [0.2, 0.25) is 0 Å². The summed E-state index contributed by atoms with van der Waals surface area (Å²) in [5.74, 6) is -0.0919. The first-order chi connectivity index (χ1) is 8.58. The van der Waals surface area contributed by atoms with E-state index in [1.807, 2.05) is 12.1 Å². The molecule has 0 saturated carbocycles. The van der Waals surface area contributed by atoms with Gasteiger partial charge in [-0.05, 0) is 44.7 Å². The monoisotopic (exact) mass is 250 g/mol. The van der Waals surface area contributed by atoms with Crippen molar-refractivity contribution in [2.24, 2.45) is 5.73 Å². The Balaban J connectivity index is 2.00. The van der Waals surface area contributed by atoms with Gasteiger partial charge in [0.05, 0.1) is 0 Å². The largest absolute Gasteiger partial charge is 0.328 e. The summed E-state index contributed by atoms with van der Waals surface area (Å²) in [5, 5.41) is 0. The minimum absolute atomic E-state index is 0.0919. The van der Waals surface area contributed by atoms with Crippen molar-refractivity contribution in [1.29, 1.82) is 0 Å². The summed E-state index contributed by atoms with van der Waals surface area (Å²) in [5.41, 5.74) is 6.79. The van der Waals surface area contributed by atoms with Crippen LogP contribution in [0.15, 0.2) is 24.3 Å². The number of rotatable bonds is 3. The van der Waals surface area contributed by atoms with E-state index in [0.717, 1.165) is 31.4 Å². The van der Waals surface area contributed by atoms with Crippen LogP contribution in [0.1, 0.15) is 32.3 Å². The first-order valence-electron chi connectivity index (χ1n) is 6.82. The number of hydrogen-bond acceptors (Lipinski definition) is 2. The molecule has 3 heteroatoms. The molecule has 3 unspecified atom stereocenters. The maximum atomic E-state index is 13.6. The zero-order valence-corrected chi connectivity index (χ0v) is 11.3. The van der Waals surface area contributed by atoms with Crippen LogP contribution in [0.3, 0.4) is 0 Å². The number of hydrogen-bond donors (Lipinski definition) is 1. The molecular formula is C15H23FN2. The van der Waals surface area contributed by atoms with Crippen LogP contribution in [0, 0.1) is 5.82 Å². The van der Waals surface area contributed by atoms with Gasteiger partial charge in [-0.3, -0.25) is 4.90 Å². The van der Waals surface area contributed by atoms with Gasteiger partial charge in [0.15, 0.2) is 0 Å². The second-order valence-corrected chi connectivity index (χ2v) is 5.52. The Morgan fingerprint density at radius 1 is 1.44 bits per heavy atom. The predicted octanol–water partition coefficient (Wildman–Crippen LogP) is 2.57. The van der Waals surface area contributed by atoms with E-state index >= 15 is 0 Å². The molecule has 0 radical (unpaired) electrons.